The van der Waals surface area contributed by atoms with Crippen LogP contribution in [0.1, 0.15) is 20.3 Å². The number of hydrogen-bond donors (Lipinski definition) is 2. The van der Waals surface area contributed by atoms with Gasteiger partial charge in [-0.1, -0.05) is 25.2 Å². The number of rotatable bonds is 3. The summed E-state index contributed by atoms with van der Waals surface area (Å²) in [6.45, 7) is 0.505. The van der Waals surface area contributed by atoms with Crippen molar-refractivity contribution in [2.75, 3.05) is 0 Å². The zero-order chi connectivity index (χ0) is 7.49. The zero-order valence-electron chi connectivity index (χ0n) is 5.57. The molecule has 0 radical (unpaired) electrons. The van der Waals surface area contributed by atoms with Gasteiger partial charge < -0.3 is 4.89 Å². The normalized spacial score (nSPS) is 20.9. The second-order valence-corrected chi connectivity index (χ2v) is 6.23. The highest BCUT2D eigenvalue weighted by atomic mass is 32.7. The molecule has 2 unspecified atom stereocenters. The van der Waals surface area contributed by atoms with Crippen LogP contribution in [-0.2, 0) is 4.57 Å². The van der Waals surface area contributed by atoms with Gasteiger partial charge in [0.1, 0.15) is 0 Å². The summed E-state index contributed by atoms with van der Waals surface area (Å²) in [7, 11) is 0. The molecule has 3 N–H and O–H groups in total. The van der Waals surface area contributed by atoms with E-state index in [1.54, 1.807) is 0 Å². The van der Waals surface area contributed by atoms with Crippen LogP contribution in [0.2, 0.25) is 0 Å². The van der Waals surface area contributed by atoms with Crippen molar-refractivity contribution in [1.82, 2.24) is 0 Å². The van der Waals surface area contributed by atoms with E-state index < -0.39 is 6.72 Å². The summed E-state index contributed by atoms with van der Waals surface area (Å²) in [5, 5.41) is 0.172. The van der Waals surface area contributed by atoms with Gasteiger partial charge in [-0.05, 0) is 6.42 Å². The molecule has 3 nitrogen and oxygen atoms in total. The molecule has 0 aromatic rings. The van der Waals surface area contributed by atoms with Crippen LogP contribution in [0.4, 0.5) is 0 Å². The van der Waals surface area contributed by atoms with E-state index in [-0.39, 0.29) is 5.25 Å². The van der Waals surface area contributed by atoms with E-state index in [2.05, 4.69) is 0 Å². The van der Waals surface area contributed by atoms with Crippen molar-refractivity contribution in [2.45, 2.75) is 25.5 Å². The van der Waals surface area contributed by atoms with Gasteiger partial charge in [-0.15, -0.1) is 0 Å². The molecule has 0 heterocycles. The van der Waals surface area contributed by atoms with Crippen LogP contribution in [0.15, 0.2) is 0 Å². The van der Waals surface area contributed by atoms with Crippen LogP contribution < -0.4 is 5.50 Å². The van der Waals surface area contributed by atoms with Crippen LogP contribution in [0, 0.1) is 0 Å². The lowest BCUT2D eigenvalue weighted by atomic mass is 10.4. The van der Waals surface area contributed by atoms with Gasteiger partial charge in [0.05, 0.1) is 0 Å². The Morgan fingerprint density at radius 2 is 2.33 bits per heavy atom. The van der Waals surface area contributed by atoms with E-state index in [1.807, 2.05) is 13.8 Å². The molecule has 0 amide bonds. The average molecular weight is 169 g/mol. The molecule has 0 aliphatic heterocycles. The maximum atomic E-state index is 10.5. The molecule has 0 saturated carbocycles. The minimum atomic E-state index is -3.32. The number of nitrogens with two attached hydrogens (primary N) is 1. The largest absolute Gasteiger partial charge is 0.326 e. The fourth-order valence-corrected chi connectivity index (χ4v) is 2.99. The van der Waals surface area contributed by atoms with E-state index in [0.29, 0.717) is 0 Å². The fourth-order valence-electron chi connectivity index (χ4n) is 0.332. The molecule has 0 rings (SSSR count). The van der Waals surface area contributed by atoms with Gasteiger partial charge >= 0.3 is 6.72 Å². The highest BCUT2D eigenvalue weighted by Gasteiger charge is 2.14. The lowest BCUT2D eigenvalue weighted by Crippen LogP contribution is -1.96. The molecule has 0 bridgehead atoms. The minimum Gasteiger partial charge on any atom is -0.326 e. The van der Waals surface area contributed by atoms with Gasteiger partial charge in [0.15, 0.2) is 0 Å². The Hall–Kier alpha value is 0.500. The third-order valence-electron chi connectivity index (χ3n) is 0.906. The Kier molecular flexibility index (Phi) is 3.82. The van der Waals surface area contributed by atoms with Gasteiger partial charge in [-0.25, -0.2) is 0 Å². The van der Waals surface area contributed by atoms with Crippen molar-refractivity contribution >= 4 is 18.1 Å². The van der Waals surface area contributed by atoms with Crippen molar-refractivity contribution in [1.29, 1.82) is 0 Å². The Morgan fingerprint density at radius 3 is 2.44 bits per heavy atom. The van der Waals surface area contributed by atoms with Gasteiger partial charge in [-0.3, -0.25) is 10.1 Å². The zero-order valence-corrected chi connectivity index (χ0v) is 7.28. The molecule has 0 aliphatic rings. The quantitative estimate of drug-likeness (QED) is 0.629. The summed E-state index contributed by atoms with van der Waals surface area (Å²) in [5.41, 5.74) is 4.89. The van der Waals surface area contributed by atoms with Crippen LogP contribution in [0.5, 0.6) is 0 Å². The first-order chi connectivity index (χ1) is 3.95. The van der Waals surface area contributed by atoms with Crippen molar-refractivity contribution in [3.63, 3.8) is 0 Å². The lowest BCUT2D eigenvalue weighted by molar-refractivity contribution is 0.498. The van der Waals surface area contributed by atoms with Crippen molar-refractivity contribution < 1.29 is 9.46 Å². The van der Waals surface area contributed by atoms with Gasteiger partial charge in [0, 0.05) is 5.25 Å². The topological polar surface area (TPSA) is 63.3 Å². The Balaban J connectivity index is 3.60. The minimum absolute atomic E-state index is 0.172. The molecule has 56 valence electrons. The van der Waals surface area contributed by atoms with E-state index in [9.17, 15) is 4.57 Å². The molecule has 0 saturated heterocycles. The van der Waals surface area contributed by atoms with Gasteiger partial charge in [-0.2, -0.15) is 0 Å². The van der Waals surface area contributed by atoms with Crippen LogP contribution in [0.25, 0.3) is 0 Å². The molecule has 0 aliphatic carbocycles. The molecule has 0 fully saturated rings. The second kappa shape index (κ2) is 3.62. The van der Waals surface area contributed by atoms with Crippen LogP contribution in [-0.4, -0.2) is 10.1 Å². The van der Waals surface area contributed by atoms with E-state index in [4.69, 9.17) is 10.4 Å². The first-order valence-corrected chi connectivity index (χ1v) is 5.97. The highest BCUT2D eigenvalue weighted by molar-refractivity contribution is 8.55. The first-order valence-electron chi connectivity index (χ1n) is 2.75. The average Bonchev–Trinajstić information content (AvgIpc) is 1.62. The highest BCUT2D eigenvalue weighted by Crippen LogP contribution is 2.49. The standard InChI is InChI=1S/C4H12NO2PS/c1-3-4(2)9-8(5,6)7/h4H,3H2,1-2H3,(H3,5,6,7). The van der Waals surface area contributed by atoms with Crippen molar-refractivity contribution in [3.8, 4) is 0 Å². The maximum absolute atomic E-state index is 10.5. The Bertz CT molecular complexity index is 124. The summed E-state index contributed by atoms with van der Waals surface area (Å²) in [5.74, 6) is 0. The lowest BCUT2D eigenvalue weighted by Gasteiger charge is -2.08. The molecular formula is C4H12NO2PS. The predicted molar refractivity (Wildman–Crippen MR) is 41.4 cm³/mol. The number of hydrogen-bond acceptors (Lipinski definition) is 2. The summed E-state index contributed by atoms with van der Waals surface area (Å²) < 4.78 is 10.5. The SMILES string of the molecule is CCC(C)SP(N)(=O)O. The van der Waals surface area contributed by atoms with Crippen LogP contribution in [0.3, 0.4) is 0 Å². The first kappa shape index (κ1) is 9.50. The van der Waals surface area contributed by atoms with E-state index >= 15 is 0 Å². The van der Waals surface area contributed by atoms with E-state index in [1.165, 1.54) is 0 Å². The molecule has 0 spiro atoms. The summed E-state index contributed by atoms with van der Waals surface area (Å²) in [6.07, 6.45) is 0.867. The van der Waals surface area contributed by atoms with E-state index in [0.717, 1.165) is 17.8 Å². The second-order valence-electron chi connectivity index (χ2n) is 1.89. The smallest absolute Gasteiger partial charge is 0.321 e. The summed E-state index contributed by atoms with van der Waals surface area (Å²) >= 11 is 0.946. The summed E-state index contributed by atoms with van der Waals surface area (Å²) in [4.78, 5) is 8.62. The van der Waals surface area contributed by atoms with Gasteiger partial charge in [0.25, 0.3) is 0 Å². The molecule has 0 aromatic heterocycles. The fraction of sp³-hybridized carbons (Fsp3) is 1.00. The predicted octanol–water partition coefficient (Wildman–Crippen LogP) is 1.58. The van der Waals surface area contributed by atoms with Gasteiger partial charge in [0.2, 0.25) is 0 Å². The van der Waals surface area contributed by atoms with Crippen LogP contribution >= 0.6 is 18.1 Å². The molecule has 2 atom stereocenters. The van der Waals surface area contributed by atoms with Crippen molar-refractivity contribution in [2.24, 2.45) is 5.50 Å². The molecule has 5 heteroatoms. The summed E-state index contributed by atoms with van der Waals surface area (Å²) in [6, 6.07) is 0. The maximum Gasteiger partial charge on any atom is 0.321 e. The third kappa shape index (κ3) is 6.38. The Labute approximate surface area is 59.3 Å². The molecule has 9 heavy (non-hydrogen) atoms. The monoisotopic (exact) mass is 169 g/mol. The molecular weight excluding hydrogens is 157 g/mol. The third-order valence-corrected chi connectivity index (χ3v) is 3.89. The Morgan fingerprint density at radius 1 is 1.89 bits per heavy atom. The molecule has 0 aromatic carbocycles. The van der Waals surface area contributed by atoms with Crippen molar-refractivity contribution in [3.05, 3.63) is 0 Å².